The van der Waals surface area contributed by atoms with Crippen molar-refractivity contribution >= 4 is 23.1 Å². The minimum Gasteiger partial charge on any atom is -0.258 e. The minimum atomic E-state index is -0.336. The van der Waals surface area contributed by atoms with Gasteiger partial charge in [0.05, 0.1) is 11.1 Å². The average Bonchev–Trinajstić information content (AvgIpc) is 2.77. The molecule has 0 radical (unpaired) electrons. The fourth-order valence-corrected chi connectivity index (χ4v) is 2.76. The molecule has 2 aromatic rings. The van der Waals surface area contributed by atoms with E-state index in [0.29, 0.717) is 17.5 Å². The van der Waals surface area contributed by atoms with Crippen molar-refractivity contribution in [2.45, 2.75) is 26.1 Å². The Morgan fingerprint density at radius 3 is 3.00 bits per heavy atom. The number of fused-ring (bicyclic) bond motifs is 1. The molecule has 3 heterocycles. The lowest BCUT2D eigenvalue weighted by atomic mass is 10.2. The van der Waals surface area contributed by atoms with E-state index in [2.05, 4.69) is 11.9 Å². The first kappa shape index (κ1) is 13.8. The maximum Gasteiger partial charge on any atom is 0.357 e. The number of pyridine rings is 2. The molecule has 6 nitrogen and oxygen atoms in total. The molecule has 21 heavy (non-hydrogen) atoms. The van der Waals surface area contributed by atoms with Gasteiger partial charge in [-0.25, -0.2) is 14.5 Å². The zero-order valence-electron chi connectivity index (χ0n) is 11.4. The summed E-state index contributed by atoms with van der Waals surface area (Å²) in [7, 11) is 0. The van der Waals surface area contributed by atoms with E-state index in [9.17, 15) is 10.1 Å². The number of nitrogens with zero attached hydrogens (tertiary/aromatic N) is 4. The van der Waals surface area contributed by atoms with Crippen LogP contribution < -0.4 is 9.47 Å². The van der Waals surface area contributed by atoms with Crippen LogP contribution >= 0.6 is 11.6 Å². The quantitative estimate of drug-likeness (QED) is 0.378. The van der Waals surface area contributed by atoms with Gasteiger partial charge in [-0.15, -0.1) is 0 Å². The Hall–Kier alpha value is -2.21. The van der Waals surface area contributed by atoms with Crippen molar-refractivity contribution in [3.63, 3.8) is 0 Å². The van der Waals surface area contributed by atoms with Crippen molar-refractivity contribution in [3.05, 3.63) is 57.5 Å². The SMILES string of the molecule is CC1C[n+]2cccc([N+](=O)[O-])c2N1Cc1ccc(Cl)nc1. The van der Waals surface area contributed by atoms with Crippen LogP contribution in [0.5, 0.6) is 0 Å². The van der Waals surface area contributed by atoms with E-state index < -0.39 is 0 Å². The molecule has 108 valence electrons. The van der Waals surface area contributed by atoms with Gasteiger partial charge in [0.25, 0.3) is 0 Å². The first-order valence-electron chi connectivity index (χ1n) is 6.60. The first-order chi connectivity index (χ1) is 10.1. The normalized spacial score (nSPS) is 16.9. The first-order valence-corrected chi connectivity index (χ1v) is 6.98. The number of halogens is 1. The molecule has 1 unspecified atom stereocenters. The zero-order chi connectivity index (χ0) is 15.0. The number of rotatable bonds is 3. The van der Waals surface area contributed by atoms with E-state index in [1.165, 1.54) is 6.07 Å². The molecular weight excluding hydrogens is 292 g/mol. The molecule has 1 atom stereocenters. The topological polar surface area (TPSA) is 63.1 Å². The molecule has 0 aromatic carbocycles. The number of anilines is 1. The molecule has 0 saturated heterocycles. The molecule has 2 aromatic heterocycles. The Labute approximate surface area is 126 Å². The van der Waals surface area contributed by atoms with Gasteiger partial charge in [-0.3, -0.25) is 10.1 Å². The van der Waals surface area contributed by atoms with E-state index in [-0.39, 0.29) is 16.7 Å². The van der Waals surface area contributed by atoms with E-state index in [4.69, 9.17) is 11.6 Å². The summed E-state index contributed by atoms with van der Waals surface area (Å²) < 4.78 is 1.92. The average molecular weight is 306 g/mol. The summed E-state index contributed by atoms with van der Waals surface area (Å²) in [5.74, 6) is 0.643. The van der Waals surface area contributed by atoms with Gasteiger partial charge in [0.2, 0.25) is 0 Å². The summed E-state index contributed by atoms with van der Waals surface area (Å²) in [6.07, 6.45) is 3.57. The van der Waals surface area contributed by atoms with Crippen LogP contribution in [-0.4, -0.2) is 15.9 Å². The van der Waals surface area contributed by atoms with Crippen molar-refractivity contribution in [2.24, 2.45) is 0 Å². The van der Waals surface area contributed by atoms with Gasteiger partial charge in [-0.05, 0) is 19.1 Å². The zero-order valence-corrected chi connectivity index (χ0v) is 12.2. The fraction of sp³-hybridized carbons (Fsp3) is 0.286. The molecule has 0 spiro atoms. The van der Waals surface area contributed by atoms with Gasteiger partial charge in [0, 0.05) is 17.8 Å². The molecule has 0 fully saturated rings. The van der Waals surface area contributed by atoms with Crippen LogP contribution in [0.3, 0.4) is 0 Å². The Bertz CT molecular complexity index is 690. The third kappa shape index (κ3) is 2.54. The summed E-state index contributed by atoms with van der Waals surface area (Å²) in [6, 6.07) is 7.05. The van der Waals surface area contributed by atoms with Crippen molar-refractivity contribution in [1.82, 2.24) is 4.98 Å². The summed E-state index contributed by atoms with van der Waals surface area (Å²) in [4.78, 5) is 17.0. The second kappa shape index (κ2) is 5.29. The summed E-state index contributed by atoms with van der Waals surface area (Å²) in [5, 5.41) is 11.7. The van der Waals surface area contributed by atoms with Crippen LogP contribution in [0, 0.1) is 10.1 Å². The van der Waals surface area contributed by atoms with Gasteiger partial charge >= 0.3 is 11.5 Å². The maximum atomic E-state index is 11.2. The van der Waals surface area contributed by atoms with Gasteiger partial charge in [0.1, 0.15) is 24.3 Å². The van der Waals surface area contributed by atoms with Crippen LogP contribution in [0.25, 0.3) is 0 Å². The predicted molar refractivity (Wildman–Crippen MR) is 78.2 cm³/mol. The van der Waals surface area contributed by atoms with Gasteiger partial charge in [0.15, 0.2) is 0 Å². The molecule has 1 aliphatic heterocycles. The Morgan fingerprint density at radius 1 is 1.52 bits per heavy atom. The largest absolute Gasteiger partial charge is 0.357 e. The van der Waals surface area contributed by atoms with Crippen LogP contribution in [-0.2, 0) is 13.1 Å². The van der Waals surface area contributed by atoms with Crippen molar-refractivity contribution in [3.8, 4) is 0 Å². The minimum absolute atomic E-state index is 0.128. The van der Waals surface area contributed by atoms with Crippen LogP contribution in [0.2, 0.25) is 5.15 Å². The van der Waals surface area contributed by atoms with Crippen LogP contribution in [0.4, 0.5) is 11.5 Å². The second-order valence-electron chi connectivity index (χ2n) is 5.09. The van der Waals surface area contributed by atoms with Crippen molar-refractivity contribution in [1.29, 1.82) is 0 Å². The van der Waals surface area contributed by atoms with Crippen LogP contribution in [0.15, 0.2) is 36.7 Å². The van der Waals surface area contributed by atoms with Crippen molar-refractivity contribution in [2.75, 3.05) is 4.90 Å². The van der Waals surface area contributed by atoms with Crippen LogP contribution in [0.1, 0.15) is 12.5 Å². The molecule has 3 rings (SSSR count). The highest BCUT2D eigenvalue weighted by atomic mass is 35.5. The molecule has 0 aliphatic carbocycles. The van der Waals surface area contributed by atoms with Gasteiger partial charge in [-0.2, -0.15) is 0 Å². The Kier molecular flexibility index (Phi) is 3.47. The van der Waals surface area contributed by atoms with Gasteiger partial charge in [-0.1, -0.05) is 17.7 Å². The van der Waals surface area contributed by atoms with E-state index in [1.807, 2.05) is 21.7 Å². The molecule has 1 aliphatic rings. The molecular formula is C14H14ClN4O2+. The highest BCUT2D eigenvalue weighted by Crippen LogP contribution is 2.30. The number of aromatic nitrogens is 2. The lowest BCUT2D eigenvalue weighted by Gasteiger charge is -2.14. The Balaban J connectivity index is 1.98. The molecule has 7 heteroatoms. The summed E-state index contributed by atoms with van der Waals surface area (Å²) >= 11 is 5.79. The smallest absolute Gasteiger partial charge is 0.258 e. The van der Waals surface area contributed by atoms with E-state index >= 15 is 0 Å². The molecule has 0 N–H and O–H groups in total. The number of hydrogen-bond acceptors (Lipinski definition) is 4. The molecule has 0 bridgehead atoms. The fourth-order valence-electron chi connectivity index (χ4n) is 2.65. The number of hydrogen-bond donors (Lipinski definition) is 0. The maximum absolute atomic E-state index is 11.2. The number of nitro groups is 1. The predicted octanol–water partition coefficient (Wildman–Crippen LogP) is 2.34. The molecule has 0 saturated carbocycles. The lowest BCUT2D eigenvalue weighted by Crippen LogP contribution is -2.31. The third-order valence-corrected chi connectivity index (χ3v) is 3.85. The van der Waals surface area contributed by atoms with Gasteiger partial charge < -0.3 is 0 Å². The van der Waals surface area contributed by atoms with Crippen molar-refractivity contribution < 1.29 is 9.49 Å². The second-order valence-corrected chi connectivity index (χ2v) is 5.48. The third-order valence-electron chi connectivity index (χ3n) is 3.62. The highest BCUT2D eigenvalue weighted by molar-refractivity contribution is 6.29. The summed E-state index contributed by atoms with van der Waals surface area (Å²) in [5.41, 5.74) is 1.10. The molecule has 0 amide bonds. The standard InChI is InChI=1S/C14H14ClN4O2/c1-10-8-17-6-2-3-12(19(20)21)14(17)18(10)9-11-4-5-13(15)16-7-11/h2-7,10H,8-9H2,1H3/q+1. The Morgan fingerprint density at radius 2 is 2.33 bits per heavy atom. The monoisotopic (exact) mass is 305 g/mol. The van der Waals surface area contributed by atoms with E-state index in [1.54, 1.807) is 18.3 Å². The highest BCUT2D eigenvalue weighted by Gasteiger charge is 2.41. The lowest BCUT2D eigenvalue weighted by molar-refractivity contribution is -0.675. The van der Waals surface area contributed by atoms with E-state index in [0.717, 1.165) is 12.1 Å². The summed E-state index contributed by atoms with van der Waals surface area (Å²) in [6.45, 7) is 3.36.